The smallest absolute Gasteiger partial charge is 0.220 e. The highest BCUT2D eigenvalue weighted by Crippen LogP contribution is 2.23. The SMILES string of the molecule is CC/C=C\C/C=C\C/C=C\C/C=C\C/C=C\C/C=C\CCCCCCCCC(=O)NC(COC1OC(CO)C(O)C(O)C1O)C(O)CCCCCCCCCCCCCCCCCCC. The molecular weight excluding hydrogens is 815 g/mol. The Morgan fingerprint density at radius 1 is 0.538 bits per heavy atom. The fraction of sp³-hybridized carbons (Fsp3) is 0.768. The number of aliphatic hydroxyl groups is 5. The largest absolute Gasteiger partial charge is 0.394 e. The average molecular weight is 914 g/mol. The van der Waals surface area contributed by atoms with Gasteiger partial charge in [-0.25, -0.2) is 0 Å². The minimum Gasteiger partial charge on any atom is -0.394 e. The molecule has 1 rings (SSSR count). The average Bonchev–Trinajstić information content (AvgIpc) is 3.31. The minimum atomic E-state index is -1.56. The molecule has 7 unspecified atom stereocenters. The van der Waals surface area contributed by atoms with Crippen LogP contribution in [0.25, 0.3) is 0 Å². The van der Waals surface area contributed by atoms with Crippen LogP contribution in [0.3, 0.4) is 0 Å². The van der Waals surface area contributed by atoms with Crippen molar-refractivity contribution in [3.05, 3.63) is 72.9 Å². The molecule has 0 aliphatic carbocycles. The van der Waals surface area contributed by atoms with Gasteiger partial charge in [0.05, 0.1) is 25.4 Å². The molecule has 0 aromatic carbocycles. The van der Waals surface area contributed by atoms with Crippen molar-refractivity contribution in [2.45, 2.75) is 262 Å². The Bertz CT molecular complexity index is 1240. The number of carbonyl (C=O) groups is 1. The number of carbonyl (C=O) groups excluding carboxylic acids is 1. The highest BCUT2D eigenvalue weighted by atomic mass is 16.7. The molecule has 0 saturated carbocycles. The third-order valence-electron chi connectivity index (χ3n) is 12.3. The van der Waals surface area contributed by atoms with E-state index in [4.69, 9.17) is 9.47 Å². The molecule has 65 heavy (non-hydrogen) atoms. The highest BCUT2D eigenvalue weighted by Gasteiger charge is 2.44. The van der Waals surface area contributed by atoms with Gasteiger partial charge in [0.25, 0.3) is 0 Å². The quantitative estimate of drug-likeness (QED) is 0.0261. The Labute approximate surface area is 398 Å². The molecule has 6 N–H and O–H groups in total. The summed E-state index contributed by atoms with van der Waals surface area (Å²) in [6.45, 7) is 3.72. The molecule has 7 atom stereocenters. The van der Waals surface area contributed by atoms with Crippen molar-refractivity contribution in [1.82, 2.24) is 5.32 Å². The van der Waals surface area contributed by atoms with Crippen molar-refractivity contribution in [3.8, 4) is 0 Å². The van der Waals surface area contributed by atoms with Gasteiger partial charge < -0.3 is 40.3 Å². The number of hydrogen-bond acceptors (Lipinski definition) is 8. The van der Waals surface area contributed by atoms with E-state index in [0.29, 0.717) is 12.8 Å². The van der Waals surface area contributed by atoms with Crippen LogP contribution < -0.4 is 5.32 Å². The van der Waals surface area contributed by atoms with Crippen LogP contribution in [-0.4, -0.2) is 87.5 Å². The van der Waals surface area contributed by atoms with Gasteiger partial charge in [-0.05, 0) is 64.2 Å². The van der Waals surface area contributed by atoms with Crippen LogP contribution in [0.15, 0.2) is 72.9 Å². The summed E-state index contributed by atoms with van der Waals surface area (Å²) >= 11 is 0. The van der Waals surface area contributed by atoms with E-state index in [2.05, 4.69) is 92.1 Å². The highest BCUT2D eigenvalue weighted by molar-refractivity contribution is 5.76. The van der Waals surface area contributed by atoms with E-state index in [-0.39, 0.29) is 12.5 Å². The van der Waals surface area contributed by atoms with Crippen LogP contribution in [-0.2, 0) is 14.3 Å². The van der Waals surface area contributed by atoms with Crippen LogP contribution in [0, 0.1) is 0 Å². The summed E-state index contributed by atoms with van der Waals surface area (Å²) in [6, 6.07) is -0.732. The van der Waals surface area contributed by atoms with Crippen LogP contribution in [0.5, 0.6) is 0 Å². The predicted octanol–water partition coefficient (Wildman–Crippen LogP) is 12.5. The lowest BCUT2D eigenvalue weighted by Crippen LogP contribution is -2.60. The van der Waals surface area contributed by atoms with Gasteiger partial charge in [-0.3, -0.25) is 4.79 Å². The van der Waals surface area contributed by atoms with Gasteiger partial charge in [-0.15, -0.1) is 0 Å². The van der Waals surface area contributed by atoms with E-state index in [1.807, 2.05) is 0 Å². The van der Waals surface area contributed by atoms with E-state index in [1.165, 1.54) is 96.3 Å². The lowest BCUT2D eigenvalue weighted by Gasteiger charge is -2.40. The molecule has 1 aliphatic heterocycles. The predicted molar refractivity (Wildman–Crippen MR) is 272 cm³/mol. The first-order valence-electron chi connectivity index (χ1n) is 26.6. The molecule has 9 heteroatoms. The van der Waals surface area contributed by atoms with E-state index in [1.54, 1.807) is 0 Å². The summed E-state index contributed by atoms with van der Waals surface area (Å²) in [7, 11) is 0. The number of unbranched alkanes of at least 4 members (excludes halogenated alkanes) is 22. The summed E-state index contributed by atoms with van der Waals surface area (Å²) in [6.07, 6.45) is 54.8. The van der Waals surface area contributed by atoms with Crippen LogP contribution >= 0.6 is 0 Å². The molecule has 0 aromatic rings. The fourth-order valence-corrected chi connectivity index (χ4v) is 8.11. The third-order valence-corrected chi connectivity index (χ3v) is 12.3. The molecule has 1 aliphatic rings. The topological polar surface area (TPSA) is 149 Å². The molecule has 0 bridgehead atoms. The molecule has 0 spiro atoms. The summed E-state index contributed by atoms with van der Waals surface area (Å²) in [5, 5.41) is 54.6. The van der Waals surface area contributed by atoms with E-state index in [9.17, 15) is 30.3 Å². The van der Waals surface area contributed by atoms with Crippen molar-refractivity contribution >= 4 is 5.91 Å². The molecule has 1 saturated heterocycles. The van der Waals surface area contributed by atoms with Crippen LogP contribution in [0.2, 0.25) is 0 Å². The number of rotatable bonds is 44. The van der Waals surface area contributed by atoms with Gasteiger partial charge in [0.1, 0.15) is 24.4 Å². The Morgan fingerprint density at radius 3 is 1.42 bits per heavy atom. The zero-order chi connectivity index (χ0) is 47.3. The van der Waals surface area contributed by atoms with Gasteiger partial charge in [-0.1, -0.05) is 222 Å². The van der Waals surface area contributed by atoms with E-state index >= 15 is 0 Å². The van der Waals surface area contributed by atoms with Crippen LogP contribution in [0.4, 0.5) is 0 Å². The molecule has 1 amide bonds. The van der Waals surface area contributed by atoms with Crippen molar-refractivity contribution in [2.75, 3.05) is 13.2 Å². The van der Waals surface area contributed by atoms with Gasteiger partial charge in [0.2, 0.25) is 5.91 Å². The third kappa shape index (κ3) is 35.4. The number of aliphatic hydroxyl groups excluding tert-OH is 5. The second-order valence-electron chi connectivity index (χ2n) is 18.3. The number of ether oxygens (including phenoxy) is 2. The monoisotopic (exact) mass is 914 g/mol. The Balaban J connectivity index is 2.27. The number of amides is 1. The van der Waals surface area contributed by atoms with Gasteiger partial charge in [0, 0.05) is 6.42 Å². The van der Waals surface area contributed by atoms with Crippen LogP contribution in [0.1, 0.15) is 219 Å². The summed E-state index contributed by atoms with van der Waals surface area (Å²) in [5.74, 6) is -0.161. The molecule has 0 aromatic heterocycles. The first-order chi connectivity index (χ1) is 31.8. The van der Waals surface area contributed by atoms with Gasteiger partial charge in [-0.2, -0.15) is 0 Å². The molecular formula is C56H99NO8. The molecule has 1 fully saturated rings. The Hall–Kier alpha value is -2.37. The standard InChI is InChI=1S/C56H99NO8/c1-3-5-7-9-11-13-15-17-19-21-22-23-24-25-26-27-28-30-32-34-36-38-40-42-44-46-52(60)57-49(48-64-56-55(63)54(62)53(61)51(47-58)65-56)50(59)45-43-41-39-37-35-33-31-29-20-18-16-14-12-10-8-6-4-2/h5,7,11,13,17,19,22-23,25-26,28,30,49-51,53-56,58-59,61-63H,3-4,6,8-10,12,14-16,18,20-21,24,27,29,31-48H2,1-2H3,(H,57,60)/b7-5-,13-11-,19-17-,23-22-,26-25-,30-28-. The normalized spacial score (nSPS) is 20.5. The minimum absolute atomic E-state index is 0.147. The van der Waals surface area contributed by atoms with Gasteiger partial charge >= 0.3 is 0 Å². The molecule has 1 heterocycles. The second kappa shape index (κ2) is 45.4. The van der Waals surface area contributed by atoms with Crippen molar-refractivity contribution in [1.29, 1.82) is 0 Å². The summed E-state index contributed by atoms with van der Waals surface area (Å²) in [4.78, 5) is 13.0. The van der Waals surface area contributed by atoms with E-state index < -0.39 is 49.5 Å². The van der Waals surface area contributed by atoms with Crippen molar-refractivity contribution < 1.29 is 39.8 Å². The summed E-state index contributed by atoms with van der Waals surface area (Å²) in [5.41, 5.74) is 0. The Morgan fingerprint density at radius 2 is 0.954 bits per heavy atom. The molecule has 9 nitrogen and oxygen atoms in total. The lowest BCUT2D eigenvalue weighted by atomic mass is 9.99. The molecule has 0 radical (unpaired) electrons. The zero-order valence-electron chi connectivity index (χ0n) is 41.5. The first-order valence-corrected chi connectivity index (χ1v) is 26.6. The number of allylic oxidation sites excluding steroid dienone is 12. The number of hydrogen-bond donors (Lipinski definition) is 6. The maximum absolute atomic E-state index is 13.0. The van der Waals surface area contributed by atoms with Crippen molar-refractivity contribution in [2.24, 2.45) is 0 Å². The maximum Gasteiger partial charge on any atom is 0.220 e. The Kier molecular flexibility index (Phi) is 42.4. The lowest BCUT2D eigenvalue weighted by molar-refractivity contribution is -0.302. The zero-order valence-corrected chi connectivity index (χ0v) is 41.5. The maximum atomic E-state index is 13.0. The van der Waals surface area contributed by atoms with Crippen molar-refractivity contribution in [3.63, 3.8) is 0 Å². The fourth-order valence-electron chi connectivity index (χ4n) is 8.11. The van der Waals surface area contributed by atoms with E-state index in [0.717, 1.165) is 96.3 Å². The first kappa shape index (κ1) is 60.6. The summed E-state index contributed by atoms with van der Waals surface area (Å²) < 4.78 is 11.3. The second-order valence-corrected chi connectivity index (χ2v) is 18.3. The van der Waals surface area contributed by atoms with Gasteiger partial charge in [0.15, 0.2) is 6.29 Å². The molecule has 376 valence electrons. The number of nitrogens with one attached hydrogen (secondary N) is 1.